The van der Waals surface area contributed by atoms with Gasteiger partial charge in [0.25, 0.3) is 5.91 Å². The van der Waals surface area contributed by atoms with Crippen molar-refractivity contribution >= 4 is 39.8 Å². The average molecular weight is 419 g/mol. The van der Waals surface area contributed by atoms with Gasteiger partial charge in [-0.15, -0.1) is 11.3 Å². The zero-order valence-corrected chi connectivity index (χ0v) is 17.1. The van der Waals surface area contributed by atoms with E-state index in [9.17, 15) is 14.9 Å². The van der Waals surface area contributed by atoms with E-state index in [0.717, 1.165) is 40.8 Å². The molecule has 2 aromatic rings. The number of carbonyl (C=O) groups excluding carboxylic acids is 2. The van der Waals surface area contributed by atoms with Crippen LogP contribution in [0.4, 0.5) is 5.00 Å². The Hall–Kier alpha value is -2.56. The molecule has 146 valence electrons. The molecule has 1 aliphatic carbocycles. The Balaban J connectivity index is 1.50. The molecule has 0 saturated carbocycles. The topological polar surface area (TPSA) is 88.4 Å². The fourth-order valence-electron chi connectivity index (χ4n) is 3.22. The van der Waals surface area contributed by atoms with Gasteiger partial charge in [0, 0.05) is 9.90 Å². The number of hydrogen-bond acceptors (Lipinski definition) is 6. The highest BCUT2D eigenvalue weighted by Gasteiger charge is 2.23. The van der Waals surface area contributed by atoms with Crippen LogP contribution in [0.15, 0.2) is 12.1 Å². The van der Waals surface area contributed by atoms with Gasteiger partial charge in [0.2, 0.25) is 0 Å². The summed E-state index contributed by atoms with van der Waals surface area (Å²) in [7, 11) is 0. The minimum absolute atomic E-state index is 0.312. The van der Waals surface area contributed by atoms with Crippen molar-refractivity contribution < 1.29 is 19.1 Å². The van der Waals surface area contributed by atoms with Gasteiger partial charge in [0.1, 0.15) is 16.8 Å². The summed E-state index contributed by atoms with van der Waals surface area (Å²) in [6.07, 6.45) is 2.83. The molecule has 0 fully saturated rings. The largest absolute Gasteiger partial charge is 0.481 e. The standard InChI is InChI=1S/C20H19ClN2O4S/c1-11-6-13(21)7-12(2)19(11)27-10-18(25)26-9-17(24)23-20-15(8-22)14-4-3-5-16(14)28-20/h6-7H,3-5,9-10H2,1-2H3,(H,23,24). The van der Waals surface area contributed by atoms with Gasteiger partial charge in [-0.1, -0.05) is 11.6 Å². The van der Waals surface area contributed by atoms with Crippen LogP contribution in [0.3, 0.4) is 0 Å². The van der Waals surface area contributed by atoms with E-state index in [1.165, 1.54) is 11.3 Å². The average Bonchev–Trinajstić information content (AvgIpc) is 3.19. The first kappa shape index (κ1) is 20.2. The van der Waals surface area contributed by atoms with Crippen molar-refractivity contribution in [1.29, 1.82) is 5.26 Å². The summed E-state index contributed by atoms with van der Waals surface area (Å²) in [5.41, 5.74) is 3.17. The monoisotopic (exact) mass is 418 g/mol. The first-order valence-electron chi connectivity index (χ1n) is 8.78. The number of fused-ring (bicyclic) bond motifs is 1. The number of rotatable bonds is 6. The Morgan fingerprint density at radius 1 is 1.25 bits per heavy atom. The van der Waals surface area contributed by atoms with Gasteiger partial charge < -0.3 is 14.8 Å². The third kappa shape index (κ3) is 4.46. The minimum atomic E-state index is -0.655. The van der Waals surface area contributed by atoms with Crippen LogP contribution in [0.2, 0.25) is 5.02 Å². The van der Waals surface area contributed by atoms with Crippen molar-refractivity contribution in [2.45, 2.75) is 33.1 Å². The normalized spacial score (nSPS) is 12.2. The van der Waals surface area contributed by atoms with E-state index in [2.05, 4.69) is 11.4 Å². The second-order valence-electron chi connectivity index (χ2n) is 6.54. The third-order valence-electron chi connectivity index (χ3n) is 4.41. The Morgan fingerprint density at radius 2 is 1.96 bits per heavy atom. The molecule has 0 bridgehead atoms. The molecule has 0 saturated heterocycles. The fraction of sp³-hybridized carbons (Fsp3) is 0.350. The molecular weight excluding hydrogens is 400 g/mol. The fourth-order valence-corrected chi connectivity index (χ4v) is 4.80. The molecule has 0 unspecified atom stereocenters. The van der Waals surface area contributed by atoms with Crippen molar-refractivity contribution in [2.24, 2.45) is 0 Å². The maximum Gasteiger partial charge on any atom is 0.344 e. The van der Waals surface area contributed by atoms with E-state index >= 15 is 0 Å². The van der Waals surface area contributed by atoms with Crippen LogP contribution in [-0.2, 0) is 27.2 Å². The summed E-state index contributed by atoms with van der Waals surface area (Å²) >= 11 is 7.39. The Bertz CT molecular complexity index is 954. The van der Waals surface area contributed by atoms with Gasteiger partial charge in [-0.25, -0.2) is 4.79 Å². The molecule has 0 atom stereocenters. The summed E-state index contributed by atoms with van der Waals surface area (Å²) in [5.74, 6) is -0.570. The van der Waals surface area contributed by atoms with E-state index in [0.29, 0.717) is 21.3 Å². The molecule has 8 heteroatoms. The quantitative estimate of drug-likeness (QED) is 0.718. The molecule has 1 heterocycles. The predicted molar refractivity (Wildman–Crippen MR) is 107 cm³/mol. The van der Waals surface area contributed by atoms with Crippen molar-refractivity contribution in [3.05, 3.63) is 44.3 Å². The zero-order valence-electron chi connectivity index (χ0n) is 15.6. The molecule has 1 N–H and O–H groups in total. The maximum atomic E-state index is 12.1. The van der Waals surface area contributed by atoms with Crippen LogP contribution >= 0.6 is 22.9 Å². The van der Waals surface area contributed by atoms with Crippen molar-refractivity contribution in [1.82, 2.24) is 0 Å². The summed E-state index contributed by atoms with van der Waals surface area (Å²) in [6.45, 7) is 2.91. The Kier molecular flexibility index (Phi) is 6.22. The number of carbonyl (C=O) groups is 2. The minimum Gasteiger partial charge on any atom is -0.481 e. The first-order chi connectivity index (χ1) is 13.4. The van der Waals surface area contributed by atoms with Gasteiger partial charge in [-0.2, -0.15) is 5.26 Å². The number of nitrogens with zero attached hydrogens (tertiary/aromatic N) is 1. The molecule has 1 aromatic carbocycles. The molecule has 0 aliphatic heterocycles. The van der Waals surface area contributed by atoms with E-state index in [1.807, 2.05) is 13.8 Å². The number of anilines is 1. The highest BCUT2D eigenvalue weighted by atomic mass is 35.5. The summed E-state index contributed by atoms with van der Waals surface area (Å²) in [4.78, 5) is 25.1. The van der Waals surface area contributed by atoms with Crippen molar-refractivity contribution in [3.8, 4) is 11.8 Å². The van der Waals surface area contributed by atoms with Crippen LogP contribution < -0.4 is 10.1 Å². The summed E-state index contributed by atoms with van der Waals surface area (Å²) in [6, 6.07) is 5.65. The van der Waals surface area contributed by atoms with Crippen LogP contribution in [0, 0.1) is 25.2 Å². The molecule has 0 spiro atoms. The number of esters is 1. The maximum absolute atomic E-state index is 12.1. The van der Waals surface area contributed by atoms with Crippen LogP contribution in [0.1, 0.15) is 33.6 Å². The lowest BCUT2D eigenvalue weighted by Crippen LogP contribution is -2.23. The predicted octanol–water partition coefficient (Wildman–Crippen LogP) is 3.94. The van der Waals surface area contributed by atoms with E-state index < -0.39 is 18.5 Å². The van der Waals surface area contributed by atoms with E-state index in [1.54, 1.807) is 12.1 Å². The van der Waals surface area contributed by atoms with Crippen LogP contribution in [0.25, 0.3) is 0 Å². The number of halogens is 1. The third-order valence-corrected chi connectivity index (χ3v) is 5.84. The van der Waals surface area contributed by atoms with Gasteiger partial charge in [-0.3, -0.25) is 4.79 Å². The summed E-state index contributed by atoms with van der Waals surface area (Å²) in [5, 5.41) is 13.1. The second-order valence-corrected chi connectivity index (χ2v) is 8.08. The highest BCUT2D eigenvalue weighted by molar-refractivity contribution is 7.16. The molecule has 0 radical (unpaired) electrons. The Labute approximate surface area is 172 Å². The molecule has 1 amide bonds. The summed E-state index contributed by atoms with van der Waals surface area (Å²) < 4.78 is 10.5. The van der Waals surface area contributed by atoms with Crippen LogP contribution in [-0.4, -0.2) is 25.1 Å². The Morgan fingerprint density at radius 3 is 2.64 bits per heavy atom. The second kappa shape index (κ2) is 8.63. The number of nitrogens with one attached hydrogen (secondary N) is 1. The molecule has 1 aromatic heterocycles. The zero-order chi connectivity index (χ0) is 20.3. The lowest BCUT2D eigenvalue weighted by Gasteiger charge is -2.12. The number of aryl methyl sites for hydroxylation is 3. The number of nitriles is 1. The highest BCUT2D eigenvalue weighted by Crippen LogP contribution is 2.38. The van der Waals surface area contributed by atoms with E-state index in [4.69, 9.17) is 21.1 Å². The SMILES string of the molecule is Cc1cc(Cl)cc(C)c1OCC(=O)OCC(=O)Nc1sc2c(c1C#N)CCC2. The number of benzene rings is 1. The molecule has 6 nitrogen and oxygen atoms in total. The number of ether oxygens (including phenoxy) is 2. The van der Waals surface area contributed by atoms with E-state index in [-0.39, 0.29) is 6.61 Å². The smallest absolute Gasteiger partial charge is 0.344 e. The number of thiophene rings is 1. The van der Waals surface area contributed by atoms with Gasteiger partial charge >= 0.3 is 5.97 Å². The first-order valence-corrected chi connectivity index (χ1v) is 9.98. The molecule has 3 rings (SSSR count). The van der Waals surface area contributed by atoms with Gasteiger partial charge in [0.15, 0.2) is 13.2 Å². The number of hydrogen-bond donors (Lipinski definition) is 1. The van der Waals surface area contributed by atoms with Crippen molar-refractivity contribution in [3.63, 3.8) is 0 Å². The molecule has 28 heavy (non-hydrogen) atoms. The van der Waals surface area contributed by atoms with Crippen LogP contribution in [0.5, 0.6) is 5.75 Å². The lowest BCUT2D eigenvalue weighted by molar-refractivity contribution is -0.149. The number of amides is 1. The molecule has 1 aliphatic rings. The molecular formula is C20H19ClN2O4S. The van der Waals surface area contributed by atoms with Gasteiger partial charge in [0.05, 0.1) is 5.56 Å². The van der Waals surface area contributed by atoms with Crippen molar-refractivity contribution in [2.75, 3.05) is 18.5 Å². The van der Waals surface area contributed by atoms with Gasteiger partial charge in [-0.05, 0) is 61.9 Å². The lowest BCUT2D eigenvalue weighted by atomic mass is 10.1.